The molecule has 0 saturated carbocycles. The van der Waals surface area contributed by atoms with Crippen molar-refractivity contribution in [2.24, 2.45) is 0 Å². The normalized spacial score (nSPS) is 12.3. The Kier molecular flexibility index (Phi) is 20.1. The average Bonchev–Trinajstić information content (AvgIpc) is 1.71. The van der Waals surface area contributed by atoms with Crippen molar-refractivity contribution < 1.29 is 0 Å². The molecule has 0 amide bonds. The van der Waals surface area contributed by atoms with Crippen molar-refractivity contribution in [1.29, 1.82) is 0 Å². The molecule has 0 unspecified atom stereocenters. The van der Waals surface area contributed by atoms with Gasteiger partial charge in [0.15, 0.2) is 0 Å². The minimum absolute atomic E-state index is 0.0292. The van der Waals surface area contributed by atoms with Gasteiger partial charge in [-0.2, -0.15) is 0 Å². The van der Waals surface area contributed by atoms with E-state index in [2.05, 4.69) is 548 Å². The van der Waals surface area contributed by atoms with Crippen LogP contribution in [0.3, 0.4) is 0 Å². The molecule has 0 saturated heterocycles. The summed E-state index contributed by atoms with van der Waals surface area (Å²) in [4.78, 5) is 0. The van der Waals surface area contributed by atoms with Crippen LogP contribution in [0.15, 0.2) is 534 Å². The topological polar surface area (TPSA) is 0 Å². The van der Waals surface area contributed by atoms with Gasteiger partial charge in [-0.1, -0.05) is 463 Å². The summed E-state index contributed by atoms with van der Waals surface area (Å²) in [6, 6.07) is 197. The zero-order valence-electron chi connectivity index (χ0n) is 80.3. The van der Waals surface area contributed by atoms with Gasteiger partial charge in [0.05, 0.1) is 0 Å². The smallest absolute Gasteiger partial charge is 0.0159 e. The number of fused-ring (bicyclic) bond motifs is 34. The van der Waals surface area contributed by atoms with E-state index in [1.54, 1.807) is 0 Å². The van der Waals surface area contributed by atoms with Crippen molar-refractivity contribution in [3.63, 3.8) is 0 Å². The highest BCUT2D eigenvalue weighted by atomic mass is 14.4. The van der Waals surface area contributed by atoms with Crippen LogP contribution in [0.4, 0.5) is 0 Å². The fraction of sp³-hybridized carbons (Fsp3) is 0.0207. The van der Waals surface area contributed by atoms with Gasteiger partial charge in [-0.25, -0.2) is 0 Å². The van der Waals surface area contributed by atoms with Crippen LogP contribution in [0.1, 0.15) is 25.0 Å². The van der Waals surface area contributed by atoms with E-state index in [9.17, 15) is 0 Å². The van der Waals surface area contributed by atoms with Crippen LogP contribution >= 0.6 is 0 Å². The third-order valence-corrected chi connectivity index (χ3v) is 31.4. The molecular formula is C145H94. The van der Waals surface area contributed by atoms with Crippen molar-refractivity contribution in [2.75, 3.05) is 0 Å². The van der Waals surface area contributed by atoms with E-state index >= 15 is 0 Å². The third-order valence-electron chi connectivity index (χ3n) is 31.4. The maximum absolute atomic E-state index is 2.46. The predicted octanol–water partition coefficient (Wildman–Crippen LogP) is 41.0. The average molecular weight is 1840 g/mol. The van der Waals surface area contributed by atoms with Crippen LogP contribution in [0.25, 0.3) is 283 Å². The van der Waals surface area contributed by atoms with E-state index in [1.165, 1.54) is 294 Å². The molecule has 674 valence electrons. The van der Waals surface area contributed by atoms with Crippen LogP contribution < -0.4 is 0 Å². The SMILES string of the molecule is CC1(C)c2ccccc2-c2ccc(-c3cc4c5ccccc5c5cc6ccccc6cc5c4c4ccccc34)cc21.c1ccc2cc(-c3cc(-c4ccc5ccccc5c4)cc(-c4cc5c6ccccc6ccc5c5ccccc45)c3)ccc2c1.c1ccc2cc(-c3cc4c5ccccc5c5ccccc5c4c4ccccc34)ccc2c1.c1ccc2cc(-c3cc4c5ccccc5ccc4c4ccccc34)ccc2c1. The molecule has 0 fully saturated rings. The summed E-state index contributed by atoms with van der Waals surface area (Å²) < 4.78 is 0. The second-order valence-electron chi connectivity index (χ2n) is 39.8. The lowest BCUT2D eigenvalue weighted by Crippen LogP contribution is -2.14. The molecule has 0 heteroatoms. The molecular weight excluding hydrogens is 1740 g/mol. The molecule has 0 aromatic heterocycles. The van der Waals surface area contributed by atoms with Crippen LogP contribution in [0, 0.1) is 0 Å². The number of hydrogen-bond acceptors (Lipinski definition) is 0. The molecule has 145 heavy (non-hydrogen) atoms. The van der Waals surface area contributed by atoms with Crippen molar-refractivity contribution in [3.05, 3.63) is 545 Å². The summed E-state index contributed by atoms with van der Waals surface area (Å²) in [6.45, 7) is 4.73. The van der Waals surface area contributed by atoms with Gasteiger partial charge in [-0.3, -0.25) is 0 Å². The molecule has 30 aromatic carbocycles. The summed E-state index contributed by atoms with van der Waals surface area (Å²) in [7, 11) is 0. The van der Waals surface area contributed by atoms with Crippen molar-refractivity contribution in [2.45, 2.75) is 19.3 Å². The Bertz CT molecular complexity index is 10600. The Hall–Kier alpha value is -18.5. The van der Waals surface area contributed by atoms with E-state index < -0.39 is 0 Å². The quantitative estimate of drug-likeness (QED) is 0.115. The monoisotopic (exact) mass is 1830 g/mol. The summed E-state index contributed by atoms with van der Waals surface area (Å²) in [5.41, 5.74) is 20.6. The lowest BCUT2D eigenvalue weighted by atomic mass is 9.81. The van der Waals surface area contributed by atoms with E-state index in [1.807, 2.05) is 0 Å². The molecule has 0 nitrogen and oxygen atoms in total. The Morgan fingerprint density at radius 1 is 0.103 bits per heavy atom. The number of benzene rings is 30. The van der Waals surface area contributed by atoms with Gasteiger partial charge in [0, 0.05) is 5.41 Å². The molecule has 0 radical (unpaired) electrons. The molecule has 30 aromatic rings. The van der Waals surface area contributed by atoms with Gasteiger partial charge in [0.25, 0.3) is 0 Å². The predicted molar refractivity (Wildman–Crippen MR) is 629 cm³/mol. The summed E-state index contributed by atoms with van der Waals surface area (Å²) in [5.74, 6) is 0. The highest BCUT2D eigenvalue weighted by Crippen LogP contribution is 2.53. The molecule has 31 rings (SSSR count). The van der Waals surface area contributed by atoms with Crippen molar-refractivity contribution in [1.82, 2.24) is 0 Å². The van der Waals surface area contributed by atoms with Crippen molar-refractivity contribution >= 4 is 205 Å². The minimum Gasteiger partial charge on any atom is -0.0619 e. The zero-order valence-corrected chi connectivity index (χ0v) is 80.3. The van der Waals surface area contributed by atoms with E-state index in [0.29, 0.717) is 0 Å². The van der Waals surface area contributed by atoms with Gasteiger partial charge < -0.3 is 0 Å². The summed E-state index contributed by atoms with van der Waals surface area (Å²) in [6.07, 6.45) is 0. The van der Waals surface area contributed by atoms with Gasteiger partial charge in [-0.15, -0.1) is 0 Å². The third kappa shape index (κ3) is 14.3. The highest BCUT2D eigenvalue weighted by molar-refractivity contribution is 6.36. The van der Waals surface area contributed by atoms with Crippen LogP contribution in [0.5, 0.6) is 0 Å². The van der Waals surface area contributed by atoms with E-state index in [0.717, 1.165) is 0 Å². The number of rotatable bonds is 6. The van der Waals surface area contributed by atoms with Gasteiger partial charge in [0.1, 0.15) is 0 Å². The maximum atomic E-state index is 2.46. The van der Waals surface area contributed by atoms with E-state index in [-0.39, 0.29) is 5.41 Å². The van der Waals surface area contributed by atoms with Gasteiger partial charge in [0.2, 0.25) is 0 Å². The molecule has 0 spiro atoms. The molecule has 0 heterocycles. The number of hydrogen-bond donors (Lipinski definition) is 0. The second-order valence-corrected chi connectivity index (χ2v) is 39.8. The van der Waals surface area contributed by atoms with Gasteiger partial charge >= 0.3 is 0 Å². The largest absolute Gasteiger partial charge is 0.0619 e. The first-order valence-corrected chi connectivity index (χ1v) is 50.6. The van der Waals surface area contributed by atoms with Crippen LogP contribution in [-0.4, -0.2) is 0 Å². The summed E-state index contributed by atoms with van der Waals surface area (Å²) >= 11 is 0. The Morgan fingerprint density at radius 3 is 0.759 bits per heavy atom. The van der Waals surface area contributed by atoms with Crippen LogP contribution in [0.2, 0.25) is 0 Å². The fourth-order valence-electron chi connectivity index (χ4n) is 24.4. The highest BCUT2D eigenvalue weighted by Gasteiger charge is 2.36. The minimum atomic E-state index is -0.0292. The van der Waals surface area contributed by atoms with Gasteiger partial charge in [-0.05, 0) is 379 Å². The second kappa shape index (κ2) is 34.5. The lowest BCUT2D eigenvalue weighted by Gasteiger charge is -2.22. The lowest BCUT2D eigenvalue weighted by molar-refractivity contribution is 0.660. The zero-order chi connectivity index (χ0) is 95.9. The fourth-order valence-corrected chi connectivity index (χ4v) is 24.4. The summed E-state index contributed by atoms with van der Waals surface area (Å²) in [5, 5.41) is 49.4. The maximum Gasteiger partial charge on any atom is 0.0159 e. The molecule has 0 aliphatic heterocycles. The first-order chi connectivity index (χ1) is 71.6. The Morgan fingerprint density at radius 2 is 0.331 bits per heavy atom. The van der Waals surface area contributed by atoms with Crippen molar-refractivity contribution in [3.8, 4) is 77.9 Å². The molecule has 0 bridgehead atoms. The standard InChI is InChI=1S/C44H28.C41H28.C32H20.C28H18/c1-3-12-32-23-34(19-17-29(32)9-1)36-25-37(35-20-18-30-10-2-4-13-33(30)24-35)27-38(26-36)43-28-44-39-14-6-5-11-31(39)21-22-42(44)40-15-7-8-16-41(40)43;1-41(2)38-18-10-9-16-31(38)32-20-19-27(23-39(32)41)34-24-37-29-14-6-5-13-28(29)35-21-25-11-3-4-12-26(25)22-36(35)40(37)33-17-8-7-15-30(33)34;1-2-10-22-19-23(18-17-21(22)9-1)30-20-31-26-13-4-3-11-24(26)25-12-5-7-15-28(25)32(31)29-16-8-6-14-27(29)30;1-2-9-21-17-22(14-13-19(21)7-1)27-18-28-23-10-4-3-8-20(23)15-16-26(28)24-11-5-6-12-25(24)27/h1-28H;3-24H,1-2H3;1-20H;1-18H. The molecule has 0 atom stereocenters. The van der Waals surface area contributed by atoms with E-state index in [4.69, 9.17) is 0 Å². The molecule has 1 aliphatic carbocycles. The first-order valence-electron chi connectivity index (χ1n) is 50.6. The Balaban J connectivity index is 0.0000000952. The molecule has 1 aliphatic rings. The molecule has 0 N–H and O–H groups in total. The van der Waals surface area contributed by atoms with Crippen LogP contribution in [-0.2, 0) is 5.41 Å². The Labute approximate surface area is 840 Å². The first kappa shape index (κ1) is 84.6.